The summed E-state index contributed by atoms with van der Waals surface area (Å²) >= 11 is -1.73. The van der Waals surface area contributed by atoms with Crippen molar-refractivity contribution >= 4 is 20.3 Å². The van der Waals surface area contributed by atoms with Gasteiger partial charge in [-0.1, -0.05) is 0 Å². The normalized spacial score (nSPS) is 7.71. The molecule has 0 fully saturated rings. The van der Waals surface area contributed by atoms with Crippen LogP contribution < -0.4 is 4.40 Å². The molecule has 0 aliphatic carbocycles. The SMILES string of the molecule is C[N-]C.C[N-]C.C[N-]C.[F][GeH2][c-]1cccc1.[Zr+4]. The van der Waals surface area contributed by atoms with E-state index in [-0.39, 0.29) is 26.2 Å². The van der Waals surface area contributed by atoms with Crippen LogP contribution in [0, 0.1) is 0 Å². The molecule has 1 aromatic carbocycles. The minimum atomic E-state index is -1.73. The number of halogens is 1. The first kappa shape index (κ1) is 26.2. The molecule has 1 rings (SSSR count). The molecule has 0 aromatic heterocycles. The molecule has 0 radical (unpaired) electrons. The molecule has 0 unspecified atom stereocenters. The van der Waals surface area contributed by atoms with Crippen molar-refractivity contribution in [3.05, 3.63) is 40.2 Å². The molecule has 6 heteroatoms. The van der Waals surface area contributed by atoms with Crippen LogP contribution in [0.4, 0.5) is 3.50 Å². The standard InChI is InChI=1S/C5H6FGe.3C2H6N.Zr/c6-7-5-3-1-2-4-5;3*1-3-2;/h1-4H,7H2;3*1-2H3;/q4*-1;+4. The second-order valence-electron chi connectivity index (χ2n) is 2.77. The van der Waals surface area contributed by atoms with Gasteiger partial charge in [-0.3, -0.25) is 0 Å². The molecule has 1 aromatic rings. The summed E-state index contributed by atoms with van der Waals surface area (Å²) in [5.41, 5.74) is 0. The predicted molar refractivity (Wildman–Crippen MR) is 76.9 cm³/mol. The summed E-state index contributed by atoms with van der Waals surface area (Å²) < 4.78 is 12.7. The zero-order valence-electron chi connectivity index (χ0n) is 11.7. The Morgan fingerprint density at radius 2 is 1.06 bits per heavy atom. The van der Waals surface area contributed by atoms with Gasteiger partial charge in [0, 0.05) is 0 Å². The van der Waals surface area contributed by atoms with Crippen LogP contribution in [-0.4, -0.2) is 58.2 Å². The summed E-state index contributed by atoms with van der Waals surface area (Å²) in [5.74, 6) is 0. The number of rotatable bonds is 1. The Morgan fingerprint density at radius 1 is 0.824 bits per heavy atom. The Kier molecular flexibility index (Phi) is 46.3. The maximum Gasteiger partial charge on any atom is 4.00 e. The first-order valence-electron chi connectivity index (χ1n) is 4.88. The molecule has 17 heavy (non-hydrogen) atoms. The molecule has 0 spiro atoms. The number of nitrogens with zero attached hydrogens (tertiary/aromatic N) is 3. The van der Waals surface area contributed by atoms with Crippen LogP contribution in [0.5, 0.6) is 0 Å². The van der Waals surface area contributed by atoms with E-state index in [1.807, 2.05) is 24.3 Å². The van der Waals surface area contributed by atoms with Gasteiger partial charge in [-0.25, -0.2) is 0 Å². The van der Waals surface area contributed by atoms with E-state index in [0.717, 1.165) is 4.40 Å². The van der Waals surface area contributed by atoms with E-state index < -0.39 is 15.9 Å². The van der Waals surface area contributed by atoms with Crippen LogP contribution in [0.25, 0.3) is 16.0 Å². The van der Waals surface area contributed by atoms with E-state index >= 15 is 0 Å². The van der Waals surface area contributed by atoms with Crippen molar-refractivity contribution in [3.8, 4) is 0 Å². The van der Waals surface area contributed by atoms with Gasteiger partial charge in [-0.15, -0.1) is 0 Å². The summed E-state index contributed by atoms with van der Waals surface area (Å²) in [6.45, 7) is 0. The molecular formula is C11H24FGeN3Zr. The quantitative estimate of drug-likeness (QED) is 0.527. The Hall–Kier alpha value is 0.586. The van der Waals surface area contributed by atoms with Crippen LogP contribution in [-0.2, 0) is 26.2 Å². The Balaban J connectivity index is -0.0000000734. The van der Waals surface area contributed by atoms with Crippen molar-refractivity contribution < 1.29 is 29.7 Å². The molecule has 0 aliphatic heterocycles. The number of hydrogen-bond acceptors (Lipinski definition) is 0. The largest absolute Gasteiger partial charge is 4.00 e. The van der Waals surface area contributed by atoms with Gasteiger partial charge >= 0.3 is 74.3 Å². The van der Waals surface area contributed by atoms with Crippen LogP contribution in [0.3, 0.4) is 0 Å². The van der Waals surface area contributed by atoms with Crippen molar-refractivity contribution in [2.24, 2.45) is 0 Å². The van der Waals surface area contributed by atoms with E-state index in [4.69, 9.17) is 0 Å². The van der Waals surface area contributed by atoms with E-state index in [1.54, 1.807) is 42.3 Å². The summed E-state index contributed by atoms with van der Waals surface area (Å²) in [6, 6.07) is 7.44. The fourth-order valence-electron chi connectivity index (χ4n) is 0.503. The van der Waals surface area contributed by atoms with Crippen molar-refractivity contribution in [1.82, 2.24) is 0 Å². The van der Waals surface area contributed by atoms with Gasteiger partial charge < -0.3 is 16.0 Å². The predicted octanol–water partition coefficient (Wildman–Crippen LogP) is 1.94. The van der Waals surface area contributed by atoms with Crippen LogP contribution in [0.15, 0.2) is 24.3 Å². The summed E-state index contributed by atoms with van der Waals surface area (Å²) in [6.07, 6.45) is 0. The third-order valence-corrected chi connectivity index (χ3v) is 2.52. The smallest absolute Gasteiger partial charge is 4.00 e. The van der Waals surface area contributed by atoms with Gasteiger partial charge in [-0.05, 0) is 0 Å². The summed E-state index contributed by atoms with van der Waals surface area (Å²) in [5, 5.41) is 10.5. The van der Waals surface area contributed by atoms with Crippen molar-refractivity contribution in [2.75, 3.05) is 42.3 Å². The van der Waals surface area contributed by atoms with Crippen LogP contribution >= 0.6 is 0 Å². The molecule has 0 aliphatic rings. The molecule has 0 bridgehead atoms. The maximum absolute atomic E-state index is 11.7. The maximum atomic E-state index is 11.7. The first-order valence-corrected chi connectivity index (χ1v) is 7.49. The molecule has 0 N–H and O–H groups in total. The van der Waals surface area contributed by atoms with E-state index in [1.165, 1.54) is 0 Å². The average molecular weight is 381 g/mol. The average Bonchev–Trinajstić information content (AvgIpc) is 2.73. The molecule has 0 saturated carbocycles. The van der Waals surface area contributed by atoms with E-state index in [2.05, 4.69) is 16.0 Å². The molecule has 0 heterocycles. The fraction of sp³-hybridized carbons (Fsp3) is 0.545. The second-order valence-corrected chi connectivity index (χ2v) is 5.04. The third-order valence-electron chi connectivity index (χ3n) is 0.886. The fourth-order valence-corrected chi connectivity index (χ4v) is 1.45. The van der Waals surface area contributed by atoms with E-state index in [9.17, 15) is 3.50 Å². The summed E-state index contributed by atoms with van der Waals surface area (Å²) in [4.78, 5) is 0. The topological polar surface area (TPSA) is 42.3 Å². The summed E-state index contributed by atoms with van der Waals surface area (Å²) in [7, 11) is 10.5. The molecule has 0 atom stereocenters. The van der Waals surface area contributed by atoms with Gasteiger partial charge in [0.2, 0.25) is 0 Å². The zero-order chi connectivity index (χ0) is 13.2. The van der Waals surface area contributed by atoms with Gasteiger partial charge in [0.05, 0.1) is 0 Å². The van der Waals surface area contributed by atoms with Crippen molar-refractivity contribution in [1.29, 1.82) is 0 Å². The molecule has 3 nitrogen and oxygen atoms in total. The second kappa shape index (κ2) is 30.0. The minimum Gasteiger partial charge on any atom is 4.00 e. The molecular weight excluding hydrogens is 357 g/mol. The number of hydrogen-bond donors (Lipinski definition) is 0. The van der Waals surface area contributed by atoms with Crippen LogP contribution in [0.2, 0.25) is 0 Å². The van der Waals surface area contributed by atoms with Gasteiger partial charge in [0.15, 0.2) is 0 Å². The monoisotopic (exact) mass is 381 g/mol. The van der Waals surface area contributed by atoms with E-state index in [0.29, 0.717) is 0 Å². The van der Waals surface area contributed by atoms with Crippen molar-refractivity contribution in [3.63, 3.8) is 0 Å². The molecule has 98 valence electrons. The van der Waals surface area contributed by atoms with Gasteiger partial charge in [0.25, 0.3) is 0 Å². The van der Waals surface area contributed by atoms with Gasteiger partial charge in [0.1, 0.15) is 0 Å². The molecule has 0 amide bonds. The van der Waals surface area contributed by atoms with Gasteiger partial charge in [-0.2, -0.15) is 42.3 Å². The first-order chi connectivity index (χ1) is 7.67. The molecule has 0 saturated heterocycles. The minimum absolute atomic E-state index is 0. The van der Waals surface area contributed by atoms with Crippen molar-refractivity contribution in [2.45, 2.75) is 0 Å². The Labute approximate surface area is 132 Å². The third kappa shape index (κ3) is 38.4. The Morgan fingerprint density at radius 3 is 1.18 bits per heavy atom. The zero-order valence-corrected chi connectivity index (χ0v) is 17.2. The Bertz CT molecular complexity index is 170. The van der Waals surface area contributed by atoms with Crippen LogP contribution in [0.1, 0.15) is 0 Å².